The van der Waals surface area contributed by atoms with Gasteiger partial charge >= 0.3 is 6.09 Å². The van der Waals surface area contributed by atoms with Gasteiger partial charge in [0.25, 0.3) is 5.91 Å². The Morgan fingerprint density at radius 1 is 1.17 bits per heavy atom. The molecule has 0 saturated heterocycles. The number of carbonyl (C=O) groups excluding carboxylic acids is 2. The molecule has 0 bridgehead atoms. The zero-order valence-corrected chi connectivity index (χ0v) is 21.9. The number of benzene rings is 1. The SMILES string of the molecule is CCOC(=O)N1CCc2c(sc(NCc3sccc3C)c2C(=O)Nc2ccc(OC)cc2OC)C1. The van der Waals surface area contributed by atoms with Crippen molar-refractivity contribution < 1.29 is 23.8 Å². The topological polar surface area (TPSA) is 89.1 Å². The van der Waals surface area contributed by atoms with Crippen molar-refractivity contribution in [2.75, 3.05) is 38.0 Å². The fourth-order valence-corrected chi connectivity index (χ4v) is 6.07. The molecule has 3 aromatic rings. The number of ether oxygens (including phenoxy) is 3. The van der Waals surface area contributed by atoms with E-state index in [1.165, 1.54) is 21.8 Å². The van der Waals surface area contributed by atoms with Gasteiger partial charge in [0.05, 0.1) is 45.2 Å². The number of amides is 2. The van der Waals surface area contributed by atoms with E-state index in [1.807, 2.05) is 0 Å². The summed E-state index contributed by atoms with van der Waals surface area (Å²) in [5.74, 6) is 0.931. The number of thiophene rings is 2. The summed E-state index contributed by atoms with van der Waals surface area (Å²) < 4.78 is 15.9. The predicted octanol–water partition coefficient (Wildman–Crippen LogP) is 5.51. The van der Waals surface area contributed by atoms with Gasteiger partial charge in [-0.15, -0.1) is 22.7 Å². The van der Waals surface area contributed by atoms with E-state index in [9.17, 15) is 9.59 Å². The van der Waals surface area contributed by atoms with Crippen LogP contribution in [0.2, 0.25) is 0 Å². The van der Waals surface area contributed by atoms with Crippen LogP contribution in [0.15, 0.2) is 29.6 Å². The van der Waals surface area contributed by atoms with Crippen molar-refractivity contribution in [1.82, 2.24) is 4.90 Å². The highest BCUT2D eigenvalue weighted by Crippen LogP contribution is 2.39. The lowest BCUT2D eigenvalue weighted by Gasteiger charge is -2.26. The van der Waals surface area contributed by atoms with Gasteiger partial charge in [-0.3, -0.25) is 4.79 Å². The van der Waals surface area contributed by atoms with Crippen LogP contribution in [0.5, 0.6) is 11.5 Å². The molecule has 0 spiro atoms. The largest absolute Gasteiger partial charge is 0.497 e. The average Bonchev–Trinajstić information content (AvgIpc) is 3.44. The highest BCUT2D eigenvalue weighted by molar-refractivity contribution is 7.16. The van der Waals surface area contributed by atoms with Gasteiger partial charge in [-0.1, -0.05) is 0 Å². The number of fused-ring (bicyclic) bond motifs is 1. The summed E-state index contributed by atoms with van der Waals surface area (Å²) in [4.78, 5) is 29.8. The Kier molecular flexibility index (Phi) is 7.82. The monoisotopic (exact) mass is 515 g/mol. The number of nitrogens with zero attached hydrogens (tertiary/aromatic N) is 1. The molecule has 0 atom stereocenters. The van der Waals surface area contributed by atoms with Crippen molar-refractivity contribution in [2.24, 2.45) is 0 Å². The number of hydrogen-bond donors (Lipinski definition) is 2. The first-order valence-electron chi connectivity index (χ1n) is 11.3. The van der Waals surface area contributed by atoms with Crippen molar-refractivity contribution in [1.29, 1.82) is 0 Å². The molecule has 2 amide bonds. The lowest BCUT2D eigenvalue weighted by molar-refractivity contribution is 0.102. The van der Waals surface area contributed by atoms with Crippen LogP contribution in [-0.2, 0) is 24.2 Å². The van der Waals surface area contributed by atoms with E-state index >= 15 is 0 Å². The van der Waals surface area contributed by atoms with Gasteiger partial charge in [-0.2, -0.15) is 0 Å². The predicted molar refractivity (Wildman–Crippen MR) is 139 cm³/mol. The third-order valence-corrected chi connectivity index (χ3v) is 8.04. The van der Waals surface area contributed by atoms with E-state index in [0.29, 0.717) is 55.4 Å². The minimum atomic E-state index is -0.329. The molecule has 1 aliphatic heterocycles. The Balaban J connectivity index is 1.64. The summed E-state index contributed by atoms with van der Waals surface area (Å²) in [5, 5.41) is 9.34. The van der Waals surface area contributed by atoms with E-state index in [2.05, 4.69) is 29.0 Å². The van der Waals surface area contributed by atoms with Gasteiger partial charge in [-0.05, 0) is 55.0 Å². The first-order chi connectivity index (χ1) is 16.9. The van der Waals surface area contributed by atoms with Crippen molar-refractivity contribution in [2.45, 2.75) is 33.4 Å². The van der Waals surface area contributed by atoms with Crippen LogP contribution in [-0.4, -0.2) is 44.3 Å². The molecular weight excluding hydrogens is 486 g/mol. The van der Waals surface area contributed by atoms with Crippen LogP contribution in [0.3, 0.4) is 0 Å². The molecule has 0 fully saturated rings. The molecule has 0 unspecified atom stereocenters. The molecule has 2 aromatic heterocycles. The molecule has 2 N–H and O–H groups in total. The number of rotatable bonds is 8. The van der Waals surface area contributed by atoms with E-state index < -0.39 is 0 Å². The maximum Gasteiger partial charge on any atom is 0.410 e. The smallest absolute Gasteiger partial charge is 0.410 e. The van der Waals surface area contributed by atoms with Crippen LogP contribution in [0.4, 0.5) is 15.5 Å². The number of aryl methyl sites for hydroxylation is 1. The summed E-state index contributed by atoms with van der Waals surface area (Å²) in [5.41, 5.74) is 3.35. The molecule has 4 rings (SSSR count). The number of methoxy groups -OCH3 is 2. The van der Waals surface area contributed by atoms with E-state index in [1.54, 1.807) is 55.6 Å². The average molecular weight is 516 g/mol. The highest BCUT2D eigenvalue weighted by Gasteiger charge is 2.30. The fraction of sp³-hybridized carbons (Fsp3) is 0.360. The number of carbonyl (C=O) groups is 2. The van der Waals surface area contributed by atoms with Crippen molar-refractivity contribution in [3.8, 4) is 11.5 Å². The zero-order valence-electron chi connectivity index (χ0n) is 20.2. The van der Waals surface area contributed by atoms with Gasteiger partial charge in [0.1, 0.15) is 16.5 Å². The Bertz CT molecular complexity index is 1220. The third-order valence-electron chi connectivity index (χ3n) is 5.84. The van der Waals surface area contributed by atoms with Gasteiger partial charge < -0.3 is 29.7 Å². The molecule has 3 heterocycles. The first-order valence-corrected chi connectivity index (χ1v) is 13.0. The minimum absolute atomic E-state index is 0.221. The molecule has 186 valence electrons. The molecule has 10 heteroatoms. The van der Waals surface area contributed by atoms with Crippen LogP contribution in [0, 0.1) is 6.92 Å². The van der Waals surface area contributed by atoms with Crippen molar-refractivity contribution in [3.63, 3.8) is 0 Å². The second-order valence-electron chi connectivity index (χ2n) is 7.98. The quantitative estimate of drug-likeness (QED) is 0.411. The second-order valence-corrected chi connectivity index (χ2v) is 10.1. The third kappa shape index (κ3) is 5.38. The molecule has 0 aliphatic carbocycles. The molecule has 35 heavy (non-hydrogen) atoms. The second kappa shape index (κ2) is 11.0. The molecule has 1 aliphatic rings. The molecular formula is C25H29N3O5S2. The molecule has 0 saturated carbocycles. The summed E-state index contributed by atoms with van der Waals surface area (Å²) in [6.07, 6.45) is 0.247. The summed E-state index contributed by atoms with van der Waals surface area (Å²) >= 11 is 3.20. The maximum absolute atomic E-state index is 13.6. The summed E-state index contributed by atoms with van der Waals surface area (Å²) in [6, 6.07) is 7.35. The van der Waals surface area contributed by atoms with Gasteiger partial charge in [0.2, 0.25) is 0 Å². The molecule has 1 aromatic carbocycles. The maximum atomic E-state index is 13.6. The highest BCUT2D eigenvalue weighted by atomic mass is 32.1. The normalized spacial score (nSPS) is 12.6. The Morgan fingerprint density at radius 2 is 2.00 bits per heavy atom. The number of hydrogen-bond acceptors (Lipinski definition) is 8. The zero-order chi connectivity index (χ0) is 24.9. The van der Waals surface area contributed by atoms with E-state index in [-0.39, 0.29) is 12.0 Å². The lowest BCUT2D eigenvalue weighted by atomic mass is 10.0. The minimum Gasteiger partial charge on any atom is -0.497 e. The van der Waals surface area contributed by atoms with Crippen molar-refractivity contribution >= 4 is 45.4 Å². The summed E-state index contributed by atoms with van der Waals surface area (Å²) in [6.45, 7) is 5.74. The van der Waals surface area contributed by atoms with E-state index in [4.69, 9.17) is 14.2 Å². The van der Waals surface area contributed by atoms with Crippen LogP contribution >= 0.6 is 22.7 Å². The van der Waals surface area contributed by atoms with Gasteiger partial charge in [0.15, 0.2) is 0 Å². The van der Waals surface area contributed by atoms with Crippen LogP contribution in [0.1, 0.15) is 38.2 Å². The molecule has 8 nitrogen and oxygen atoms in total. The Labute approximate surface area is 212 Å². The van der Waals surface area contributed by atoms with Crippen molar-refractivity contribution in [3.05, 3.63) is 56.1 Å². The Morgan fingerprint density at radius 3 is 2.69 bits per heavy atom. The van der Waals surface area contributed by atoms with Crippen LogP contribution < -0.4 is 20.1 Å². The molecule has 0 radical (unpaired) electrons. The first kappa shape index (κ1) is 24.9. The Hall–Kier alpha value is -3.24. The van der Waals surface area contributed by atoms with Gasteiger partial charge in [0, 0.05) is 22.4 Å². The standard InChI is InChI=1S/C25H29N3O5S2/c1-5-33-25(30)28-10-8-17-21(14-28)35-24(26-13-20-15(2)9-11-34-20)22(17)23(29)27-18-7-6-16(31-3)12-19(18)32-4/h6-7,9,11-12,26H,5,8,10,13-14H2,1-4H3,(H,27,29). The fourth-order valence-electron chi connectivity index (χ4n) is 3.97. The van der Waals surface area contributed by atoms with Crippen LogP contribution in [0.25, 0.3) is 0 Å². The summed E-state index contributed by atoms with van der Waals surface area (Å²) in [7, 11) is 3.13. The number of nitrogens with one attached hydrogen (secondary N) is 2. The lowest BCUT2D eigenvalue weighted by Crippen LogP contribution is -2.36. The van der Waals surface area contributed by atoms with Gasteiger partial charge in [-0.25, -0.2) is 4.79 Å². The number of anilines is 2. The van der Waals surface area contributed by atoms with E-state index in [0.717, 1.165) is 15.4 Å².